The molecular formula is C15H16N4O6. The maximum Gasteiger partial charge on any atom is 0.341 e. The summed E-state index contributed by atoms with van der Waals surface area (Å²) in [5.41, 5.74) is 0.664. The molecule has 0 bridgehead atoms. The van der Waals surface area contributed by atoms with Gasteiger partial charge in [-0.05, 0) is 37.6 Å². The predicted octanol–water partition coefficient (Wildman–Crippen LogP) is 1.66. The number of rotatable bonds is 6. The summed E-state index contributed by atoms with van der Waals surface area (Å²) in [6, 6.07) is 4.58. The van der Waals surface area contributed by atoms with Crippen LogP contribution in [0.5, 0.6) is 5.75 Å². The third kappa shape index (κ3) is 3.91. The van der Waals surface area contributed by atoms with E-state index in [0.717, 1.165) is 4.68 Å². The minimum absolute atomic E-state index is 0.145. The van der Waals surface area contributed by atoms with E-state index in [1.807, 2.05) is 0 Å². The van der Waals surface area contributed by atoms with Crippen molar-refractivity contribution >= 4 is 23.3 Å². The topological polar surface area (TPSA) is 137 Å². The number of carboxylic acids is 1. The van der Waals surface area contributed by atoms with E-state index in [1.54, 1.807) is 13.0 Å². The van der Waals surface area contributed by atoms with Gasteiger partial charge in [0.1, 0.15) is 11.4 Å². The molecule has 2 N–H and O–H groups in total. The molecular weight excluding hydrogens is 332 g/mol. The van der Waals surface area contributed by atoms with Crippen molar-refractivity contribution < 1.29 is 24.4 Å². The van der Waals surface area contributed by atoms with Crippen LogP contribution in [-0.2, 0) is 11.8 Å². The number of carboxylic acid groups (broad SMARTS) is 1. The van der Waals surface area contributed by atoms with Gasteiger partial charge in [-0.3, -0.25) is 19.6 Å². The predicted molar refractivity (Wildman–Crippen MR) is 86.9 cm³/mol. The number of hydrogen-bond donors (Lipinski definition) is 2. The Morgan fingerprint density at radius 1 is 1.40 bits per heavy atom. The second-order valence-corrected chi connectivity index (χ2v) is 5.28. The first kappa shape index (κ1) is 17.9. The average molecular weight is 348 g/mol. The van der Waals surface area contributed by atoms with E-state index in [4.69, 9.17) is 9.84 Å². The standard InChI is InChI=1S/C15H16N4O6/c1-8-6-10(25-7-12(20)21)4-5-11(8)16-15(22)14-13(19(23)24)9(2)17-18(14)3/h4-6H,7H2,1-3H3,(H,16,22)(H,20,21). The number of aliphatic carboxylic acids is 1. The Morgan fingerprint density at radius 2 is 2.08 bits per heavy atom. The van der Waals surface area contributed by atoms with Crippen molar-refractivity contribution in [3.05, 3.63) is 45.3 Å². The summed E-state index contributed by atoms with van der Waals surface area (Å²) in [6.45, 7) is 2.66. The molecule has 2 aromatic rings. The number of nitrogens with one attached hydrogen (secondary N) is 1. The van der Waals surface area contributed by atoms with Gasteiger partial charge in [0.2, 0.25) is 5.69 Å². The van der Waals surface area contributed by atoms with Crippen LogP contribution in [-0.4, -0.2) is 38.3 Å². The number of amides is 1. The van der Waals surface area contributed by atoms with E-state index in [9.17, 15) is 19.7 Å². The summed E-state index contributed by atoms with van der Waals surface area (Å²) in [5.74, 6) is -1.44. The van der Waals surface area contributed by atoms with Crippen molar-refractivity contribution in [2.45, 2.75) is 13.8 Å². The Hall–Kier alpha value is -3.43. The van der Waals surface area contributed by atoms with Gasteiger partial charge in [-0.15, -0.1) is 0 Å². The lowest BCUT2D eigenvalue weighted by Gasteiger charge is -2.10. The van der Waals surface area contributed by atoms with Crippen LogP contribution in [0.3, 0.4) is 0 Å². The molecule has 132 valence electrons. The monoisotopic (exact) mass is 348 g/mol. The highest BCUT2D eigenvalue weighted by atomic mass is 16.6. The third-order valence-electron chi connectivity index (χ3n) is 3.40. The Kier molecular flexibility index (Phi) is 5.01. The first-order chi connectivity index (χ1) is 11.7. The molecule has 0 radical (unpaired) electrons. The normalized spacial score (nSPS) is 10.4. The summed E-state index contributed by atoms with van der Waals surface area (Å²) in [5, 5.41) is 26.3. The molecule has 10 heteroatoms. The summed E-state index contributed by atoms with van der Waals surface area (Å²) in [6.07, 6.45) is 0. The molecule has 1 amide bonds. The minimum atomic E-state index is -1.10. The fourth-order valence-corrected chi connectivity index (χ4v) is 2.31. The molecule has 1 aromatic heterocycles. The largest absolute Gasteiger partial charge is 0.482 e. The second-order valence-electron chi connectivity index (χ2n) is 5.28. The SMILES string of the molecule is Cc1cc(OCC(=O)O)ccc1NC(=O)c1c([N+](=O)[O-])c(C)nn1C. The van der Waals surface area contributed by atoms with Crippen molar-refractivity contribution in [2.24, 2.45) is 7.05 Å². The Morgan fingerprint density at radius 3 is 2.64 bits per heavy atom. The zero-order chi connectivity index (χ0) is 18.7. The lowest BCUT2D eigenvalue weighted by molar-refractivity contribution is -0.385. The number of aryl methyl sites for hydroxylation is 3. The minimum Gasteiger partial charge on any atom is -0.482 e. The molecule has 0 atom stereocenters. The second kappa shape index (κ2) is 6.99. The van der Waals surface area contributed by atoms with E-state index < -0.39 is 23.4 Å². The quantitative estimate of drug-likeness (QED) is 0.598. The van der Waals surface area contributed by atoms with Crippen molar-refractivity contribution in [1.29, 1.82) is 0 Å². The van der Waals surface area contributed by atoms with E-state index in [-0.39, 0.29) is 17.1 Å². The lowest BCUT2D eigenvalue weighted by Crippen LogP contribution is -2.18. The number of benzene rings is 1. The third-order valence-corrected chi connectivity index (χ3v) is 3.40. The molecule has 0 saturated carbocycles. The molecule has 0 aliphatic heterocycles. The number of ether oxygens (including phenoxy) is 1. The van der Waals surface area contributed by atoms with Crippen LogP contribution in [0, 0.1) is 24.0 Å². The summed E-state index contributed by atoms with van der Waals surface area (Å²) < 4.78 is 6.21. The number of nitrogens with zero attached hydrogens (tertiary/aromatic N) is 3. The number of aromatic nitrogens is 2. The van der Waals surface area contributed by atoms with Crippen LogP contribution < -0.4 is 10.1 Å². The van der Waals surface area contributed by atoms with Crippen LogP contribution in [0.2, 0.25) is 0 Å². The van der Waals surface area contributed by atoms with E-state index >= 15 is 0 Å². The smallest absolute Gasteiger partial charge is 0.341 e. The van der Waals surface area contributed by atoms with Crippen molar-refractivity contribution in [3.63, 3.8) is 0 Å². The molecule has 1 heterocycles. The first-order valence-electron chi connectivity index (χ1n) is 7.15. The molecule has 0 aliphatic carbocycles. The van der Waals surface area contributed by atoms with Crippen molar-refractivity contribution in [3.8, 4) is 5.75 Å². The maximum atomic E-state index is 12.4. The number of anilines is 1. The molecule has 0 unspecified atom stereocenters. The fourth-order valence-electron chi connectivity index (χ4n) is 2.31. The Labute approximate surface area is 142 Å². The van der Waals surface area contributed by atoms with Gasteiger partial charge in [-0.25, -0.2) is 4.79 Å². The number of nitro groups is 1. The lowest BCUT2D eigenvalue weighted by atomic mass is 10.2. The van der Waals surface area contributed by atoms with Crippen LogP contribution in [0.4, 0.5) is 11.4 Å². The number of carbonyl (C=O) groups is 2. The Bertz CT molecular complexity index is 858. The Balaban J connectivity index is 2.24. The highest BCUT2D eigenvalue weighted by Crippen LogP contribution is 2.25. The fraction of sp³-hybridized carbons (Fsp3) is 0.267. The van der Waals surface area contributed by atoms with Gasteiger partial charge in [0, 0.05) is 12.7 Å². The van der Waals surface area contributed by atoms with Crippen LogP contribution in [0.15, 0.2) is 18.2 Å². The van der Waals surface area contributed by atoms with E-state index in [0.29, 0.717) is 17.0 Å². The summed E-state index contributed by atoms with van der Waals surface area (Å²) in [7, 11) is 1.45. The number of hydrogen-bond acceptors (Lipinski definition) is 6. The highest BCUT2D eigenvalue weighted by Gasteiger charge is 2.29. The molecule has 1 aromatic carbocycles. The highest BCUT2D eigenvalue weighted by molar-refractivity contribution is 6.06. The first-order valence-corrected chi connectivity index (χ1v) is 7.15. The maximum absolute atomic E-state index is 12.4. The zero-order valence-corrected chi connectivity index (χ0v) is 13.8. The van der Waals surface area contributed by atoms with Gasteiger partial charge in [0.05, 0.1) is 4.92 Å². The molecule has 2 rings (SSSR count). The average Bonchev–Trinajstić information content (AvgIpc) is 2.82. The molecule has 10 nitrogen and oxygen atoms in total. The molecule has 25 heavy (non-hydrogen) atoms. The molecule has 0 spiro atoms. The zero-order valence-electron chi connectivity index (χ0n) is 13.8. The van der Waals surface area contributed by atoms with Crippen molar-refractivity contribution in [2.75, 3.05) is 11.9 Å². The molecule has 0 saturated heterocycles. The van der Waals surface area contributed by atoms with Gasteiger partial charge in [-0.1, -0.05) is 0 Å². The van der Waals surface area contributed by atoms with E-state index in [2.05, 4.69) is 10.4 Å². The van der Waals surface area contributed by atoms with Crippen LogP contribution in [0.1, 0.15) is 21.7 Å². The molecule has 0 fully saturated rings. The van der Waals surface area contributed by atoms with Crippen LogP contribution in [0.25, 0.3) is 0 Å². The van der Waals surface area contributed by atoms with Gasteiger partial charge < -0.3 is 15.2 Å². The number of carbonyl (C=O) groups excluding carboxylic acids is 1. The van der Waals surface area contributed by atoms with Crippen LogP contribution >= 0.6 is 0 Å². The molecule has 0 aliphatic rings. The van der Waals surface area contributed by atoms with Gasteiger partial charge in [-0.2, -0.15) is 5.10 Å². The van der Waals surface area contributed by atoms with E-state index in [1.165, 1.54) is 26.1 Å². The van der Waals surface area contributed by atoms with Gasteiger partial charge >= 0.3 is 11.7 Å². The summed E-state index contributed by atoms with van der Waals surface area (Å²) >= 11 is 0. The van der Waals surface area contributed by atoms with Crippen molar-refractivity contribution in [1.82, 2.24) is 9.78 Å². The summed E-state index contributed by atoms with van der Waals surface area (Å²) in [4.78, 5) is 33.5. The van der Waals surface area contributed by atoms with Gasteiger partial charge in [0.15, 0.2) is 6.61 Å². The van der Waals surface area contributed by atoms with Gasteiger partial charge in [0.25, 0.3) is 5.91 Å².